The molecule has 1 saturated heterocycles. The molecule has 0 aliphatic carbocycles. The quantitative estimate of drug-likeness (QED) is 0.891. The molecule has 0 bridgehead atoms. The van der Waals surface area contributed by atoms with Gasteiger partial charge in [0.25, 0.3) is 0 Å². The average Bonchev–Trinajstić information content (AvgIpc) is 2.42. The Morgan fingerprint density at radius 3 is 3.00 bits per heavy atom. The highest BCUT2D eigenvalue weighted by Gasteiger charge is 2.26. The Balaban J connectivity index is 2.00. The first-order valence-corrected chi connectivity index (χ1v) is 7.28. The third kappa shape index (κ3) is 3.71. The maximum atomic E-state index is 12.2. The van der Waals surface area contributed by atoms with Crippen LogP contribution in [0.3, 0.4) is 0 Å². The molecule has 0 aromatic heterocycles. The van der Waals surface area contributed by atoms with Crippen molar-refractivity contribution < 1.29 is 4.79 Å². The number of benzene rings is 1. The summed E-state index contributed by atoms with van der Waals surface area (Å²) in [4.78, 5) is 12.2. The highest BCUT2D eigenvalue weighted by Crippen LogP contribution is 2.24. The topological polar surface area (TPSA) is 41.1 Å². The van der Waals surface area contributed by atoms with Crippen LogP contribution in [0.5, 0.6) is 0 Å². The van der Waals surface area contributed by atoms with Gasteiger partial charge in [0.05, 0.1) is 16.8 Å². The number of carbonyl (C=O) groups excluding carboxylic acids is 1. The number of carbonyl (C=O) groups is 1. The highest BCUT2D eigenvalue weighted by molar-refractivity contribution is 6.33. The van der Waals surface area contributed by atoms with Crippen molar-refractivity contribution in [3.63, 3.8) is 0 Å². The fourth-order valence-electron chi connectivity index (χ4n) is 2.51. The van der Waals surface area contributed by atoms with E-state index in [0.717, 1.165) is 31.4 Å². The summed E-state index contributed by atoms with van der Waals surface area (Å²) in [5.41, 5.74) is 1.78. The van der Waals surface area contributed by atoms with Gasteiger partial charge in [-0.2, -0.15) is 0 Å². The molecule has 1 aliphatic heterocycles. The van der Waals surface area contributed by atoms with Crippen LogP contribution in [-0.2, 0) is 4.79 Å². The van der Waals surface area contributed by atoms with E-state index < -0.39 is 0 Å². The standard InChI is InChI=1S/C15H21ClN2O/c1-3-11-6-7-17-14(9-11)15(19)18-13-5-4-10(2)8-12(13)16/h4-5,8,11,14,17H,3,6-7,9H2,1-2H3,(H,18,19). The van der Waals surface area contributed by atoms with E-state index in [-0.39, 0.29) is 11.9 Å². The third-order valence-electron chi connectivity index (χ3n) is 3.79. The fourth-order valence-corrected chi connectivity index (χ4v) is 2.79. The number of aryl methyl sites for hydroxylation is 1. The Hall–Kier alpha value is -1.06. The van der Waals surface area contributed by atoms with Crippen LogP contribution in [0.25, 0.3) is 0 Å². The number of rotatable bonds is 3. The van der Waals surface area contributed by atoms with E-state index in [4.69, 9.17) is 11.6 Å². The van der Waals surface area contributed by atoms with E-state index in [0.29, 0.717) is 16.6 Å². The van der Waals surface area contributed by atoms with E-state index >= 15 is 0 Å². The summed E-state index contributed by atoms with van der Waals surface area (Å²) in [5.74, 6) is 0.661. The van der Waals surface area contributed by atoms with Crippen LogP contribution >= 0.6 is 11.6 Å². The highest BCUT2D eigenvalue weighted by atomic mass is 35.5. The number of hydrogen-bond donors (Lipinski definition) is 2. The van der Waals surface area contributed by atoms with Crippen LogP contribution in [-0.4, -0.2) is 18.5 Å². The normalized spacial score (nSPS) is 23.1. The maximum Gasteiger partial charge on any atom is 0.241 e. The first kappa shape index (κ1) is 14.4. The number of anilines is 1. The van der Waals surface area contributed by atoms with Crippen molar-refractivity contribution in [3.05, 3.63) is 28.8 Å². The Labute approximate surface area is 119 Å². The summed E-state index contributed by atoms with van der Waals surface area (Å²) in [6.07, 6.45) is 3.20. The molecule has 2 unspecified atom stereocenters. The smallest absolute Gasteiger partial charge is 0.241 e. The molecule has 4 heteroatoms. The Morgan fingerprint density at radius 1 is 1.53 bits per heavy atom. The van der Waals surface area contributed by atoms with Gasteiger partial charge in [-0.05, 0) is 49.9 Å². The van der Waals surface area contributed by atoms with Gasteiger partial charge in [-0.1, -0.05) is 31.0 Å². The Kier molecular flexibility index (Phi) is 4.83. The minimum absolute atomic E-state index is 0.0175. The second kappa shape index (κ2) is 6.40. The van der Waals surface area contributed by atoms with Gasteiger partial charge in [0.2, 0.25) is 5.91 Å². The van der Waals surface area contributed by atoms with E-state index in [1.165, 1.54) is 0 Å². The van der Waals surface area contributed by atoms with Crippen LogP contribution in [0.4, 0.5) is 5.69 Å². The molecule has 3 nitrogen and oxygen atoms in total. The van der Waals surface area contributed by atoms with Gasteiger partial charge in [-0.25, -0.2) is 0 Å². The lowest BCUT2D eigenvalue weighted by atomic mass is 9.90. The summed E-state index contributed by atoms with van der Waals surface area (Å²) in [7, 11) is 0. The van der Waals surface area contributed by atoms with Crippen LogP contribution in [0.1, 0.15) is 31.7 Å². The van der Waals surface area contributed by atoms with Crippen molar-refractivity contribution in [1.29, 1.82) is 0 Å². The average molecular weight is 281 g/mol. The summed E-state index contributed by atoms with van der Waals surface area (Å²) in [6, 6.07) is 5.57. The van der Waals surface area contributed by atoms with Crippen molar-refractivity contribution in [3.8, 4) is 0 Å². The number of halogens is 1. The molecule has 1 amide bonds. The monoisotopic (exact) mass is 280 g/mol. The molecule has 0 spiro atoms. The molecule has 0 saturated carbocycles. The molecule has 104 valence electrons. The molecule has 1 heterocycles. The number of amides is 1. The Bertz CT molecular complexity index is 461. The molecule has 1 aromatic rings. The number of nitrogens with one attached hydrogen (secondary N) is 2. The van der Waals surface area contributed by atoms with E-state index in [1.807, 2.05) is 25.1 Å². The largest absolute Gasteiger partial charge is 0.323 e. The molecule has 1 aliphatic rings. The van der Waals surface area contributed by atoms with Crippen LogP contribution in [0.15, 0.2) is 18.2 Å². The molecule has 0 radical (unpaired) electrons. The minimum Gasteiger partial charge on any atom is -0.323 e. The van der Waals surface area contributed by atoms with Gasteiger partial charge in [0, 0.05) is 0 Å². The van der Waals surface area contributed by atoms with Gasteiger partial charge in [0.1, 0.15) is 0 Å². The molecule has 1 fully saturated rings. The molecular weight excluding hydrogens is 260 g/mol. The second-order valence-electron chi connectivity index (χ2n) is 5.28. The lowest BCUT2D eigenvalue weighted by Crippen LogP contribution is -2.46. The molecule has 2 N–H and O–H groups in total. The van der Waals surface area contributed by atoms with Gasteiger partial charge in [-0.3, -0.25) is 4.79 Å². The Morgan fingerprint density at radius 2 is 2.32 bits per heavy atom. The van der Waals surface area contributed by atoms with Crippen LogP contribution < -0.4 is 10.6 Å². The number of hydrogen-bond acceptors (Lipinski definition) is 2. The van der Waals surface area contributed by atoms with E-state index in [1.54, 1.807) is 0 Å². The van der Waals surface area contributed by atoms with Crippen molar-refractivity contribution in [1.82, 2.24) is 5.32 Å². The molecule has 2 rings (SSSR count). The SMILES string of the molecule is CCC1CCNC(C(=O)Nc2ccc(C)cc2Cl)C1. The maximum absolute atomic E-state index is 12.2. The van der Waals surface area contributed by atoms with E-state index in [2.05, 4.69) is 17.6 Å². The second-order valence-corrected chi connectivity index (χ2v) is 5.69. The zero-order valence-electron chi connectivity index (χ0n) is 11.5. The summed E-state index contributed by atoms with van der Waals surface area (Å²) in [6.45, 7) is 5.08. The van der Waals surface area contributed by atoms with Crippen LogP contribution in [0.2, 0.25) is 5.02 Å². The first-order chi connectivity index (χ1) is 9.10. The van der Waals surface area contributed by atoms with Crippen molar-refractivity contribution >= 4 is 23.2 Å². The van der Waals surface area contributed by atoms with Gasteiger partial charge < -0.3 is 10.6 Å². The van der Waals surface area contributed by atoms with Crippen molar-refractivity contribution in [2.75, 3.05) is 11.9 Å². The van der Waals surface area contributed by atoms with Gasteiger partial charge in [-0.15, -0.1) is 0 Å². The zero-order chi connectivity index (χ0) is 13.8. The molecular formula is C15H21ClN2O. The zero-order valence-corrected chi connectivity index (χ0v) is 12.3. The molecule has 19 heavy (non-hydrogen) atoms. The van der Waals surface area contributed by atoms with Crippen molar-refractivity contribution in [2.45, 2.75) is 39.2 Å². The summed E-state index contributed by atoms with van der Waals surface area (Å²) >= 11 is 6.13. The van der Waals surface area contributed by atoms with E-state index in [9.17, 15) is 4.79 Å². The first-order valence-electron chi connectivity index (χ1n) is 6.90. The third-order valence-corrected chi connectivity index (χ3v) is 4.10. The lowest BCUT2D eigenvalue weighted by Gasteiger charge is -2.28. The summed E-state index contributed by atoms with van der Waals surface area (Å²) < 4.78 is 0. The molecule has 1 aromatic carbocycles. The van der Waals surface area contributed by atoms with Gasteiger partial charge in [0.15, 0.2) is 0 Å². The number of piperidine rings is 1. The predicted octanol–water partition coefficient (Wildman–Crippen LogP) is 3.37. The van der Waals surface area contributed by atoms with Crippen LogP contribution in [0, 0.1) is 12.8 Å². The van der Waals surface area contributed by atoms with Gasteiger partial charge >= 0.3 is 0 Å². The lowest BCUT2D eigenvalue weighted by molar-refractivity contribution is -0.119. The minimum atomic E-state index is -0.101. The fraction of sp³-hybridized carbons (Fsp3) is 0.533. The molecule has 2 atom stereocenters. The summed E-state index contributed by atoms with van der Waals surface area (Å²) in [5, 5.41) is 6.79. The predicted molar refractivity (Wildman–Crippen MR) is 79.6 cm³/mol. The van der Waals surface area contributed by atoms with Crippen molar-refractivity contribution in [2.24, 2.45) is 5.92 Å².